The first-order valence-corrected chi connectivity index (χ1v) is 9.21. The van der Waals surface area contributed by atoms with Gasteiger partial charge >= 0.3 is 0 Å². The van der Waals surface area contributed by atoms with Gasteiger partial charge in [0.2, 0.25) is 5.91 Å². The number of aromatic nitrogens is 4. The number of aryl methyl sites for hydroxylation is 2. The van der Waals surface area contributed by atoms with Gasteiger partial charge in [-0.2, -0.15) is 0 Å². The van der Waals surface area contributed by atoms with Gasteiger partial charge in [-0.1, -0.05) is 35.5 Å². The molecule has 1 atom stereocenters. The predicted molar refractivity (Wildman–Crippen MR) is 99.1 cm³/mol. The second kappa shape index (κ2) is 6.98. The number of amides is 1. The molecule has 140 valence electrons. The first kappa shape index (κ1) is 17.5. The van der Waals surface area contributed by atoms with Crippen molar-refractivity contribution in [2.45, 2.75) is 46.2 Å². The largest absolute Gasteiger partial charge is 0.361 e. The zero-order valence-electron chi connectivity index (χ0n) is 15.8. The van der Waals surface area contributed by atoms with Crippen molar-refractivity contribution in [1.82, 2.24) is 24.8 Å². The van der Waals surface area contributed by atoms with Crippen LogP contribution in [0.15, 0.2) is 34.9 Å². The monoisotopic (exact) mass is 365 g/mol. The van der Waals surface area contributed by atoms with E-state index in [-0.39, 0.29) is 11.9 Å². The molecule has 7 nitrogen and oxygen atoms in total. The highest BCUT2D eigenvalue weighted by atomic mass is 16.5. The molecule has 27 heavy (non-hydrogen) atoms. The molecule has 1 amide bonds. The number of hydrogen-bond acceptors (Lipinski definition) is 5. The minimum Gasteiger partial charge on any atom is -0.361 e. The van der Waals surface area contributed by atoms with Gasteiger partial charge in [0, 0.05) is 18.5 Å². The molecule has 1 aromatic carbocycles. The van der Waals surface area contributed by atoms with E-state index in [2.05, 4.69) is 27.5 Å². The number of nitrogens with zero attached hydrogens (tertiary/aromatic N) is 5. The van der Waals surface area contributed by atoms with Crippen LogP contribution in [0.25, 0.3) is 0 Å². The van der Waals surface area contributed by atoms with Crippen LogP contribution in [0.4, 0.5) is 0 Å². The number of rotatable bonds is 5. The van der Waals surface area contributed by atoms with Crippen LogP contribution in [-0.4, -0.2) is 37.3 Å². The first-order valence-electron chi connectivity index (χ1n) is 9.21. The second-order valence-corrected chi connectivity index (χ2v) is 7.05. The summed E-state index contributed by atoms with van der Waals surface area (Å²) in [5.41, 5.74) is 3.09. The highest BCUT2D eigenvalue weighted by Gasteiger charge is 2.33. The average molecular weight is 365 g/mol. The summed E-state index contributed by atoms with van der Waals surface area (Å²) < 4.78 is 7.21. The quantitative estimate of drug-likeness (QED) is 0.695. The standard InChI is InChI=1S/C20H23N5O2/c1-13-17(15(3)27-23-13)11-18-21-22-19-12-24(20(26)14(2)25(18)19)10-9-16-7-5-4-6-8-16/h4-8,14H,9-12H2,1-3H3/t14-/m0/s1. The Balaban J connectivity index is 1.53. The molecule has 4 rings (SSSR count). The van der Waals surface area contributed by atoms with E-state index in [0.717, 1.165) is 35.1 Å². The molecule has 0 saturated heterocycles. The maximum absolute atomic E-state index is 12.9. The topological polar surface area (TPSA) is 77.0 Å². The highest BCUT2D eigenvalue weighted by Crippen LogP contribution is 2.25. The molecule has 0 saturated carbocycles. The third-order valence-electron chi connectivity index (χ3n) is 5.25. The molecule has 0 spiro atoms. The van der Waals surface area contributed by atoms with Crippen LogP contribution >= 0.6 is 0 Å². The molecule has 0 fully saturated rings. The summed E-state index contributed by atoms with van der Waals surface area (Å²) in [6.45, 7) is 6.90. The smallest absolute Gasteiger partial charge is 0.245 e. The first-order chi connectivity index (χ1) is 13.0. The van der Waals surface area contributed by atoms with Gasteiger partial charge in [-0.25, -0.2) is 0 Å². The Bertz CT molecular complexity index is 941. The lowest BCUT2D eigenvalue weighted by molar-refractivity contribution is -0.137. The number of fused-ring (bicyclic) bond motifs is 1. The summed E-state index contributed by atoms with van der Waals surface area (Å²) in [6.07, 6.45) is 1.40. The number of carbonyl (C=O) groups excluding carboxylic acids is 1. The van der Waals surface area contributed by atoms with E-state index in [1.807, 2.05) is 48.4 Å². The number of benzene rings is 1. The van der Waals surface area contributed by atoms with E-state index in [9.17, 15) is 4.79 Å². The molecule has 0 bridgehead atoms. The van der Waals surface area contributed by atoms with Crippen molar-refractivity contribution in [1.29, 1.82) is 0 Å². The second-order valence-electron chi connectivity index (χ2n) is 7.05. The third kappa shape index (κ3) is 3.25. The van der Waals surface area contributed by atoms with Gasteiger partial charge in [-0.15, -0.1) is 10.2 Å². The molecule has 0 radical (unpaired) electrons. The molecular formula is C20H23N5O2. The Hall–Kier alpha value is -2.96. The molecule has 0 unspecified atom stereocenters. The average Bonchev–Trinajstić information content (AvgIpc) is 3.22. The van der Waals surface area contributed by atoms with Crippen molar-refractivity contribution in [3.05, 3.63) is 64.6 Å². The van der Waals surface area contributed by atoms with E-state index in [1.54, 1.807) is 0 Å². The Kier molecular flexibility index (Phi) is 4.51. The Morgan fingerprint density at radius 3 is 2.67 bits per heavy atom. The summed E-state index contributed by atoms with van der Waals surface area (Å²) >= 11 is 0. The Morgan fingerprint density at radius 1 is 1.19 bits per heavy atom. The van der Waals surface area contributed by atoms with E-state index < -0.39 is 0 Å². The SMILES string of the molecule is Cc1noc(C)c1Cc1nnc2n1[C@@H](C)C(=O)N(CCc1ccccc1)C2. The Labute approximate surface area is 158 Å². The molecule has 0 aliphatic carbocycles. The van der Waals surface area contributed by atoms with Crippen molar-refractivity contribution in [2.75, 3.05) is 6.54 Å². The summed E-state index contributed by atoms with van der Waals surface area (Å²) in [5, 5.41) is 12.7. The maximum atomic E-state index is 12.9. The lowest BCUT2D eigenvalue weighted by atomic mass is 10.1. The minimum absolute atomic E-state index is 0.109. The van der Waals surface area contributed by atoms with Gasteiger partial charge in [0.25, 0.3) is 0 Å². The van der Waals surface area contributed by atoms with E-state index in [4.69, 9.17) is 4.52 Å². The zero-order chi connectivity index (χ0) is 19.0. The van der Waals surface area contributed by atoms with Gasteiger partial charge in [0.15, 0.2) is 5.82 Å². The number of carbonyl (C=O) groups is 1. The molecule has 7 heteroatoms. The van der Waals surface area contributed by atoms with Crippen LogP contribution in [0.3, 0.4) is 0 Å². The van der Waals surface area contributed by atoms with E-state index in [1.165, 1.54) is 5.56 Å². The maximum Gasteiger partial charge on any atom is 0.245 e. The van der Waals surface area contributed by atoms with E-state index in [0.29, 0.717) is 19.5 Å². The van der Waals surface area contributed by atoms with Gasteiger partial charge in [0.05, 0.1) is 12.2 Å². The van der Waals surface area contributed by atoms with Gasteiger partial charge in [-0.3, -0.25) is 4.79 Å². The number of hydrogen-bond donors (Lipinski definition) is 0. The van der Waals surface area contributed by atoms with Crippen LogP contribution in [0.1, 0.15) is 47.2 Å². The lowest BCUT2D eigenvalue weighted by Crippen LogP contribution is -2.43. The molecule has 2 aromatic heterocycles. The van der Waals surface area contributed by atoms with Crippen LogP contribution in [0.5, 0.6) is 0 Å². The van der Waals surface area contributed by atoms with Gasteiger partial charge in [-0.05, 0) is 32.8 Å². The van der Waals surface area contributed by atoms with E-state index >= 15 is 0 Å². The summed E-state index contributed by atoms with van der Waals surface area (Å²) in [6, 6.07) is 9.90. The minimum atomic E-state index is -0.310. The molecular weight excluding hydrogens is 342 g/mol. The zero-order valence-corrected chi connectivity index (χ0v) is 15.8. The van der Waals surface area contributed by atoms with Crippen molar-refractivity contribution >= 4 is 5.91 Å². The summed E-state index contributed by atoms with van der Waals surface area (Å²) in [4.78, 5) is 14.8. The van der Waals surface area contributed by atoms with Crippen molar-refractivity contribution in [2.24, 2.45) is 0 Å². The Morgan fingerprint density at radius 2 is 1.96 bits per heavy atom. The van der Waals surface area contributed by atoms with Crippen LogP contribution in [0, 0.1) is 13.8 Å². The molecule has 0 N–H and O–H groups in total. The van der Waals surface area contributed by atoms with Crippen molar-refractivity contribution in [3.8, 4) is 0 Å². The predicted octanol–water partition coefficient (Wildman–Crippen LogP) is 2.62. The molecule has 3 heterocycles. The lowest BCUT2D eigenvalue weighted by Gasteiger charge is -2.32. The fourth-order valence-corrected chi connectivity index (χ4v) is 3.67. The fraction of sp³-hybridized carbons (Fsp3) is 0.400. The molecule has 3 aromatic rings. The third-order valence-corrected chi connectivity index (χ3v) is 5.25. The fourth-order valence-electron chi connectivity index (χ4n) is 3.67. The molecule has 1 aliphatic rings. The van der Waals surface area contributed by atoms with Crippen molar-refractivity contribution in [3.63, 3.8) is 0 Å². The van der Waals surface area contributed by atoms with Crippen LogP contribution in [-0.2, 0) is 24.2 Å². The van der Waals surface area contributed by atoms with Crippen LogP contribution in [0.2, 0.25) is 0 Å². The molecule has 1 aliphatic heterocycles. The van der Waals surface area contributed by atoms with Crippen LogP contribution < -0.4 is 0 Å². The van der Waals surface area contributed by atoms with Gasteiger partial charge < -0.3 is 14.0 Å². The highest BCUT2D eigenvalue weighted by molar-refractivity contribution is 5.81. The summed E-state index contributed by atoms with van der Waals surface area (Å²) in [5.74, 6) is 2.50. The summed E-state index contributed by atoms with van der Waals surface area (Å²) in [7, 11) is 0. The van der Waals surface area contributed by atoms with Gasteiger partial charge in [0.1, 0.15) is 17.6 Å². The normalized spacial score (nSPS) is 16.6. The van der Waals surface area contributed by atoms with Crippen molar-refractivity contribution < 1.29 is 9.32 Å².